The molecule has 208 valence electrons. The van der Waals surface area contributed by atoms with Gasteiger partial charge in [0.2, 0.25) is 11.8 Å². The van der Waals surface area contributed by atoms with Gasteiger partial charge in [-0.25, -0.2) is 8.42 Å². The number of hydrogen-bond donors (Lipinski definition) is 1. The van der Waals surface area contributed by atoms with Gasteiger partial charge >= 0.3 is 0 Å². The van der Waals surface area contributed by atoms with Crippen LogP contribution in [0.4, 0.5) is 5.69 Å². The van der Waals surface area contributed by atoms with Crippen LogP contribution in [0, 0.1) is 20.8 Å². The summed E-state index contributed by atoms with van der Waals surface area (Å²) in [4.78, 5) is 28.8. The summed E-state index contributed by atoms with van der Waals surface area (Å²) in [6, 6.07) is 20.6. The van der Waals surface area contributed by atoms with Crippen molar-refractivity contribution in [2.75, 3.05) is 10.8 Å². The van der Waals surface area contributed by atoms with Crippen molar-refractivity contribution < 1.29 is 18.0 Å². The number of aryl methyl sites for hydroxylation is 3. The van der Waals surface area contributed by atoms with E-state index in [1.54, 1.807) is 36.4 Å². The van der Waals surface area contributed by atoms with Crippen LogP contribution in [0.5, 0.6) is 0 Å². The molecule has 3 rings (SSSR count). The Bertz CT molecular complexity index is 1370. The first kappa shape index (κ1) is 29.9. The molecule has 0 aromatic heterocycles. The summed E-state index contributed by atoms with van der Waals surface area (Å²) in [7, 11) is -4.09. The summed E-state index contributed by atoms with van der Waals surface area (Å²) >= 11 is 0. The Morgan fingerprint density at radius 2 is 1.44 bits per heavy atom. The van der Waals surface area contributed by atoms with Crippen LogP contribution < -0.4 is 9.62 Å². The molecule has 0 heterocycles. The van der Waals surface area contributed by atoms with Crippen LogP contribution in [-0.4, -0.2) is 43.8 Å². The first-order valence-corrected chi connectivity index (χ1v) is 14.7. The second kappa shape index (κ2) is 12.9. The van der Waals surface area contributed by atoms with Gasteiger partial charge in [0.05, 0.1) is 10.6 Å². The first-order valence-electron chi connectivity index (χ1n) is 13.2. The fraction of sp³-hybridized carbons (Fsp3) is 0.355. The minimum atomic E-state index is -4.09. The molecule has 0 radical (unpaired) electrons. The first-order chi connectivity index (χ1) is 18.4. The number of nitrogens with zero attached hydrogens (tertiary/aromatic N) is 2. The Morgan fingerprint density at radius 3 is 1.97 bits per heavy atom. The number of amides is 2. The molecule has 3 aromatic rings. The lowest BCUT2D eigenvalue weighted by atomic mass is 10.1. The monoisotopic (exact) mass is 549 g/mol. The van der Waals surface area contributed by atoms with E-state index in [0.29, 0.717) is 12.1 Å². The molecule has 0 unspecified atom stereocenters. The van der Waals surface area contributed by atoms with Gasteiger partial charge < -0.3 is 10.2 Å². The number of hydrogen-bond acceptors (Lipinski definition) is 4. The molecular formula is C31H39N3O4S. The molecule has 0 aliphatic heterocycles. The topological polar surface area (TPSA) is 86.8 Å². The lowest BCUT2D eigenvalue weighted by Crippen LogP contribution is -2.53. The summed E-state index contributed by atoms with van der Waals surface area (Å²) in [5.74, 6) is -0.726. The van der Waals surface area contributed by atoms with Crippen LogP contribution in [0.3, 0.4) is 0 Å². The summed E-state index contributed by atoms with van der Waals surface area (Å²) in [5, 5.41) is 2.91. The second-order valence-corrected chi connectivity index (χ2v) is 12.1. The minimum absolute atomic E-state index is 0.0965. The summed E-state index contributed by atoms with van der Waals surface area (Å²) in [6.07, 6.45) is 0.380. The van der Waals surface area contributed by atoms with Gasteiger partial charge in [-0.3, -0.25) is 13.9 Å². The summed E-state index contributed by atoms with van der Waals surface area (Å²) in [5.41, 5.74) is 3.94. The van der Waals surface area contributed by atoms with Crippen molar-refractivity contribution in [2.45, 2.75) is 71.5 Å². The number of sulfonamides is 1. The van der Waals surface area contributed by atoms with E-state index in [2.05, 4.69) is 5.32 Å². The fourth-order valence-electron chi connectivity index (χ4n) is 4.54. The Morgan fingerprint density at radius 1 is 0.846 bits per heavy atom. The van der Waals surface area contributed by atoms with Gasteiger partial charge in [-0.15, -0.1) is 0 Å². The Kier molecular flexibility index (Phi) is 9.92. The number of nitrogens with one attached hydrogen (secondary N) is 1. The van der Waals surface area contributed by atoms with Gasteiger partial charge in [-0.2, -0.15) is 0 Å². The van der Waals surface area contributed by atoms with Gasteiger partial charge in [0.1, 0.15) is 12.6 Å². The van der Waals surface area contributed by atoms with E-state index >= 15 is 0 Å². The van der Waals surface area contributed by atoms with E-state index in [9.17, 15) is 18.0 Å². The van der Waals surface area contributed by atoms with E-state index in [0.717, 1.165) is 26.6 Å². The maximum Gasteiger partial charge on any atom is 0.264 e. The minimum Gasteiger partial charge on any atom is -0.352 e. The molecule has 0 saturated carbocycles. The van der Waals surface area contributed by atoms with Gasteiger partial charge in [-0.1, -0.05) is 61.0 Å². The van der Waals surface area contributed by atoms with Crippen LogP contribution >= 0.6 is 0 Å². The van der Waals surface area contributed by atoms with Crippen molar-refractivity contribution in [3.05, 3.63) is 95.1 Å². The Balaban J connectivity index is 2.08. The van der Waals surface area contributed by atoms with Crippen molar-refractivity contribution in [3.8, 4) is 0 Å². The lowest BCUT2D eigenvalue weighted by Gasteiger charge is -2.33. The summed E-state index contributed by atoms with van der Waals surface area (Å²) in [6.45, 7) is 11.0. The largest absolute Gasteiger partial charge is 0.352 e. The predicted molar refractivity (Wildman–Crippen MR) is 156 cm³/mol. The third-order valence-corrected chi connectivity index (χ3v) is 8.18. The van der Waals surface area contributed by atoms with Crippen LogP contribution in [0.2, 0.25) is 0 Å². The third-order valence-electron chi connectivity index (χ3n) is 6.39. The van der Waals surface area contributed by atoms with Crippen molar-refractivity contribution in [3.63, 3.8) is 0 Å². The van der Waals surface area contributed by atoms with Crippen LogP contribution in [0.1, 0.15) is 49.4 Å². The molecule has 0 aliphatic rings. The van der Waals surface area contributed by atoms with E-state index in [4.69, 9.17) is 0 Å². The van der Waals surface area contributed by atoms with Gasteiger partial charge in [0, 0.05) is 12.6 Å². The molecule has 7 nitrogen and oxygen atoms in total. The molecule has 39 heavy (non-hydrogen) atoms. The molecule has 8 heteroatoms. The fourth-order valence-corrected chi connectivity index (χ4v) is 5.94. The average Bonchev–Trinajstić information content (AvgIpc) is 2.86. The molecule has 0 saturated heterocycles. The molecule has 0 aliphatic carbocycles. The molecule has 0 fully saturated rings. The third kappa shape index (κ3) is 7.69. The number of carbonyl (C=O) groups is 2. The maximum atomic E-state index is 14.1. The maximum absolute atomic E-state index is 14.1. The van der Waals surface area contributed by atoms with E-state index in [1.165, 1.54) is 4.90 Å². The number of rotatable bonds is 11. The molecule has 3 aromatic carbocycles. The van der Waals surface area contributed by atoms with E-state index in [-0.39, 0.29) is 23.4 Å². The van der Waals surface area contributed by atoms with Gasteiger partial charge in [0.15, 0.2) is 0 Å². The van der Waals surface area contributed by atoms with E-state index in [1.807, 2.05) is 77.9 Å². The van der Waals surface area contributed by atoms with Gasteiger partial charge in [-0.05, 0) is 82.0 Å². The van der Waals surface area contributed by atoms with Gasteiger partial charge in [0.25, 0.3) is 10.0 Å². The average molecular weight is 550 g/mol. The lowest BCUT2D eigenvalue weighted by molar-refractivity contribution is -0.140. The van der Waals surface area contributed by atoms with Crippen LogP contribution in [0.15, 0.2) is 77.7 Å². The predicted octanol–water partition coefficient (Wildman–Crippen LogP) is 5.14. The zero-order chi connectivity index (χ0) is 28.7. The van der Waals surface area contributed by atoms with E-state index < -0.39 is 28.5 Å². The highest BCUT2D eigenvalue weighted by Crippen LogP contribution is 2.27. The summed E-state index contributed by atoms with van der Waals surface area (Å²) < 4.78 is 29.1. The zero-order valence-corrected chi connectivity index (χ0v) is 24.5. The molecular weight excluding hydrogens is 510 g/mol. The number of benzene rings is 3. The number of anilines is 1. The second-order valence-electron chi connectivity index (χ2n) is 10.3. The van der Waals surface area contributed by atoms with Crippen molar-refractivity contribution >= 4 is 27.5 Å². The molecule has 1 atom stereocenters. The highest BCUT2D eigenvalue weighted by atomic mass is 32.2. The highest BCUT2D eigenvalue weighted by Gasteiger charge is 2.34. The molecule has 0 bridgehead atoms. The Hall–Kier alpha value is -3.65. The molecule has 1 N–H and O–H groups in total. The quantitative estimate of drug-likeness (QED) is 0.359. The van der Waals surface area contributed by atoms with Crippen LogP contribution in [-0.2, 0) is 26.2 Å². The zero-order valence-electron chi connectivity index (χ0n) is 23.6. The SMILES string of the molecule is CC[C@@H](C(=O)NC(C)C)N(Cc1ccccc1)C(=O)CN(c1cc(C)cc(C)c1)S(=O)(=O)c1ccc(C)cc1. The van der Waals surface area contributed by atoms with Crippen molar-refractivity contribution in [2.24, 2.45) is 0 Å². The molecule has 0 spiro atoms. The number of carbonyl (C=O) groups excluding carboxylic acids is 2. The highest BCUT2D eigenvalue weighted by molar-refractivity contribution is 7.92. The van der Waals surface area contributed by atoms with Crippen LogP contribution in [0.25, 0.3) is 0 Å². The smallest absolute Gasteiger partial charge is 0.264 e. The normalized spacial score (nSPS) is 12.2. The Labute approximate surface area is 232 Å². The van der Waals surface area contributed by atoms with Crippen molar-refractivity contribution in [1.82, 2.24) is 10.2 Å². The standard InChI is InChI=1S/C31H39N3O4S/c1-7-29(31(36)32-22(2)3)33(20-26-11-9-8-10-12-26)30(35)21-34(27-18-24(5)17-25(6)19-27)39(37,38)28-15-13-23(4)14-16-28/h8-19,22,29H,7,20-21H2,1-6H3,(H,32,36)/t29-/m0/s1. The molecule has 2 amide bonds. The van der Waals surface area contributed by atoms with Crippen molar-refractivity contribution in [1.29, 1.82) is 0 Å².